The normalized spacial score (nSPS) is 16.2. The van der Waals surface area contributed by atoms with Gasteiger partial charge >= 0.3 is 0 Å². The molecule has 0 heterocycles. The Morgan fingerprint density at radius 1 is 0.550 bits per heavy atom. The molecule has 0 radical (unpaired) electrons. The number of hydrogen-bond acceptors (Lipinski definition) is 1. The maximum Gasteiger partial charge on any atom is 0.0178 e. The van der Waals surface area contributed by atoms with Gasteiger partial charge in [0.25, 0.3) is 0 Å². The molecule has 354 valence electrons. The highest BCUT2D eigenvalue weighted by Crippen LogP contribution is 2.32. The van der Waals surface area contributed by atoms with Gasteiger partial charge in [-0.3, -0.25) is 0 Å². The lowest BCUT2D eigenvalue weighted by molar-refractivity contribution is 0.267. The SMILES string of the molecule is C=C(C)CCCN(CCCC(/C=C\C(CCCCCCC)CCCCCCC)=C\C)/C(=C\C)CCCC1CCC(C)CC1.CCCCCCCC(CC)CCCCCCC. The first-order valence-electron chi connectivity index (χ1n) is 27.7. The molecular formula is C59H113N. The van der Waals surface area contributed by atoms with Gasteiger partial charge in [-0.05, 0) is 95.8 Å². The van der Waals surface area contributed by atoms with Crippen LogP contribution in [0.1, 0.15) is 293 Å². The van der Waals surface area contributed by atoms with Crippen LogP contribution < -0.4 is 0 Å². The summed E-state index contributed by atoms with van der Waals surface area (Å²) in [6, 6.07) is 0. The summed E-state index contributed by atoms with van der Waals surface area (Å²) in [5.74, 6) is 3.73. The Morgan fingerprint density at radius 2 is 1.02 bits per heavy atom. The topological polar surface area (TPSA) is 3.24 Å². The minimum atomic E-state index is 0.763. The molecule has 0 unspecified atom stereocenters. The average molecular weight is 837 g/mol. The van der Waals surface area contributed by atoms with Crippen molar-refractivity contribution in [3.63, 3.8) is 0 Å². The molecule has 1 aliphatic rings. The van der Waals surface area contributed by atoms with E-state index in [0.29, 0.717) is 0 Å². The van der Waals surface area contributed by atoms with Crippen LogP contribution in [-0.4, -0.2) is 18.0 Å². The van der Waals surface area contributed by atoms with E-state index in [1.54, 1.807) is 5.70 Å². The van der Waals surface area contributed by atoms with E-state index >= 15 is 0 Å². The van der Waals surface area contributed by atoms with E-state index in [1.807, 2.05) is 0 Å². The predicted octanol–water partition coefficient (Wildman–Crippen LogP) is 20.9. The minimum absolute atomic E-state index is 0.763. The zero-order chi connectivity index (χ0) is 44.3. The Hall–Kier alpha value is -1.24. The molecule has 1 heteroatoms. The fourth-order valence-electron chi connectivity index (χ4n) is 9.69. The first kappa shape index (κ1) is 58.8. The smallest absolute Gasteiger partial charge is 0.0178 e. The van der Waals surface area contributed by atoms with Crippen LogP contribution in [0, 0.1) is 23.7 Å². The fourth-order valence-corrected chi connectivity index (χ4v) is 9.69. The molecule has 1 saturated carbocycles. The molecule has 1 rings (SSSR count). The van der Waals surface area contributed by atoms with E-state index in [-0.39, 0.29) is 0 Å². The first-order chi connectivity index (χ1) is 29.3. The van der Waals surface area contributed by atoms with Gasteiger partial charge in [-0.1, -0.05) is 257 Å². The Kier molecular flexibility index (Phi) is 43.5. The molecule has 1 aliphatic carbocycles. The quantitative estimate of drug-likeness (QED) is 0.0338. The van der Waals surface area contributed by atoms with Crippen LogP contribution in [0.4, 0.5) is 0 Å². The minimum Gasteiger partial charge on any atom is -0.375 e. The van der Waals surface area contributed by atoms with E-state index < -0.39 is 0 Å². The van der Waals surface area contributed by atoms with Crippen molar-refractivity contribution in [1.82, 2.24) is 4.90 Å². The van der Waals surface area contributed by atoms with E-state index in [2.05, 4.69) is 98.1 Å². The molecule has 0 aromatic heterocycles. The number of hydrogen-bond donors (Lipinski definition) is 0. The molecule has 0 N–H and O–H groups in total. The highest BCUT2D eigenvalue weighted by molar-refractivity contribution is 5.18. The third-order valence-corrected chi connectivity index (χ3v) is 14.2. The molecule has 60 heavy (non-hydrogen) atoms. The van der Waals surface area contributed by atoms with Crippen molar-refractivity contribution in [2.75, 3.05) is 13.1 Å². The van der Waals surface area contributed by atoms with Crippen molar-refractivity contribution in [1.29, 1.82) is 0 Å². The van der Waals surface area contributed by atoms with Gasteiger partial charge in [0, 0.05) is 18.8 Å². The van der Waals surface area contributed by atoms with Gasteiger partial charge in [0.2, 0.25) is 0 Å². The summed E-state index contributed by atoms with van der Waals surface area (Å²) in [7, 11) is 0. The summed E-state index contributed by atoms with van der Waals surface area (Å²) >= 11 is 0. The van der Waals surface area contributed by atoms with E-state index in [0.717, 1.165) is 30.1 Å². The second-order valence-electron chi connectivity index (χ2n) is 20.0. The third kappa shape index (κ3) is 36.3. The zero-order valence-electron chi connectivity index (χ0n) is 43.1. The lowest BCUT2D eigenvalue weighted by atomic mass is 9.80. The van der Waals surface area contributed by atoms with Crippen molar-refractivity contribution < 1.29 is 0 Å². The standard InChI is InChI=1S/C42H77N.C17H36/c1-8-12-14-16-18-24-40(25-19-17-15-13-9-2)34-33-39(10-3)27-22-36-43(35-21-23-37(5)6)42(11-4)28-20-26-41-31-29-38(7)30-32-41;1-4-7-9-11-13-15-17(6-3)16-14-12-10-8-5-2/h10-11,33-34,38,40-41H,5,8-9,12-32,35-36H2,1-4,6-7H3;17H,4-16H2,1-3H3/b34-33-,39-10+,42-11-;. The lowest BCUT2D eigenvalue weighted by Gasteiger charge is -2.29. The second kappa shape index (κ2) is 44.4. The van der Waals surface area contributed by atoms with Crippen LogP contribution in [0.3, 0.4) is 0 Å². The van der Waals surface area contributed by atoms with Gasteiger partial charge in [0.15, 0.2) is 0 Å². The van der Waals surface area contributed by atoms with Gasteiger partial charge < -0.3 is 4.90 Å². The van der Waals surface area contributed by atoms with Gasteiger partial charge in [0.1, 0.15) is 0 Å². The van der Waals surface area contributed by atoms with Crippen LogP contribution >= 0.6 is 0 Å². The van der Waals surface area contributed by atoms with Gasteiger partial charge in [0.05, 0.1) is 0 Å². The van der Waals surface area contributed by atoms with E-state index in [1.165, 1.54) is 249 Å². The molecule has 0 atom stereocenters. The maximum atomic E-state index is 4.17. The van der Waals surface area contributed by atoms with E-state index in [4.69, 9.17) is 0 Å². The molecule has 0 aliphatic heterocycles. The van der Waals surface area contributed by atoms with Crippen molar-refractivity contribution in [2.45, 2.75) is 293 Å². The van der Waals surface area contributed by atoms with Crippen molar-refractivity contribution in [3.05, 3.63) is 47.7 Å². The monoisotopic (exact) mass is 836 g/mol. The summed E-state index contributed by atoms with van der Waals surface area (Å²) in [6.07, 6.45) is 60.1. The van der Waals surface area contributed by atoms with Crippen LogP contribution in [0.15, 0.2) is 47.7 Å². The Balaban J connectivity index is 0.00000171. The average Bonchev–Trinajstić information content (AvgIpc) is 3.25. The maximum absolute atomic E-state index is 4.17. The summed E-state index contributed by atoms with van der Waals surface area (Å²) in [4.78, 5) is 2.73. The third-order valence-electron chi connectivity index (χ3n) is 14.2. The number of unbranched alkanes of at least 4 members (excludes halogenated alkanes) is 16. The summed E-state index contributed by atoms with van der Waals surface area (Å²) in [5.41, 5.74) is 4.45. The van der Waals surface area contributed by atoms with E-state index in [9.17, 15) is 0 Å². The van der Waals surface area contributed by atoms with Gasteiger partial charge in [-0.2, -0.15) is 0 Å². The van der Waals surface area contributed by atoms with Crippen molar-refractivity contribution in [3.8, 4) is 0 Å². The summed E-state index contributed by atoms with van der Waals surface area (Å²) in [5, 5.41) is 0. The van der Waals surface area contributed by atoms with Crippen molar-refractivity contribution in [2.24, 2.45) is 23.7 Å². The largest absolute Gasteiger partial charge is 0.375 e. The number of nitrogens with zero attached hydrogens (tertiary/aromatic N) is 1. The molecule has 0 spiro atoms. The molecular weight excluding hydrogens is 723 g/mol. The Bertz CT molecular complexity index is 963. The molecule has 0 saturated heterocycles. The Morgan fingerprint density at radius 3 is 1.45 bits per heavy atom. The highest BCUT2D eigenvalue weighted by Gasteiger charge is 2.18. The second-order valence-corrected chi connectivity index (χ2v) is 20.0. The fraction of sp³-hybridized carbons (Fsp3) is 0.864. The van der Waals surface area contributed by atoms with Crippen LogP contribution in [0.2, 0.25) is 0 Å². The lowest BCUT2D eigenvalue weighted by Crippen LogP contribution is -2.26. The van der Waals surface area contributed by atoms with Crippen LogP contribution in [0.25, 0.3) is 0 Å². The molecule has 0 bridgehead atoms. The Labute approximate surface area is 381 Å². The molecule has 0 amide bonds. The highest BCUT2D eigenvalue weighted by atomic mass is 15.1. The summed E-state index contributed by atoms with van der Waals surface area (Å²) in [6.45, 7) is 27.3. The molecule has 1 nitrogen and oxygen atoms in total. The van der Waals surface area contributed by atoms with Crippen LogP contribution in [0.5, 0.6) is 0 Å². The zero-order valence-corrected chi connectivity index (χ0v) is 43.1. The molecule has 0 aromatic carbocycles. The summed E-state index contributed by atoms with van der Waals surface area (Å²) < 4.78 is 0. The van der Waals surface area contributed by atoms with Crippen LogP contribution in [-0.2, 0) is 0 Å². The molecule has 0 aromatic rings. The van der Waals surface area contributed by atoms with Crippen molar-refractivity contribution >= 4 is 0 Å². The first-order valence-corrected chi connectivity index (χ1v) is 27.7. The molecule has 1 fully saturated rings. The van der Waals surface area contributed by atoms with Gasteiger partial charge in [-0.15, -0.1) is 6.58 Å². The number of allylic oxidation sites excluding steroid dienone is 7. The number of rotatable bonds is 40. The predicted molar refractivity (Wildman–Crippen MR) is 277 cm³/mol. The van der Waals surface area contributed by atoms with Gasteiger partial charge in [-0.25, -0.2) is 0 Å².